The molecule has 0 spiro atoms. The van der Waals surface area contributed by atoms with Crippen molar-refractivity contribution < 1.29 is 4.74 Å². The fourth-order valence-corrected chi connectivity index (χ4v) is 1.31. The summed E-state index contributed by atoms with van der Waals surface area (Å²) in [5.74, 6) is 2.67. The number of terminal acetylenes is 1. The fourth-order valence-electron chi connectivity index (χ4n) is 1.31. The van der Waals surface area contributed by atoms with Crippen molar-refractivity contribution in [2.45, 2.75) is 58.0 Å². The van der Waals surface area contributed by atoms with E-state index in [2.05, 4.69) is 12.8 Å². The van der Waals surface area contributed by atoms with Crippen LogP contribution in [0.4, 0.5) is 0 Å². The Morgan fingerprint density at radius 2 is 1.77 bits per heavy atom. The summed E-state index contributed by atoms with van der Waals surface area (Å²) in [6.07, 6.45) is 14.1. The van der Waals surface area contributed by atoms with Gasteiger partial charge in [0.1, 0.15) is 0 Å². The standard InChI is InChI=1S/C12H22O/c1-4-5-6-7-8-9-10-11-12(2)13-3/h1,12H,5-11H2,2-3H3. The maximum Gasteiger partial charge on any atom is 0.0543 e. The molecule has 0 radical (unpaired) electrons. The molecule has 0 aromatic heterocycles. The molecule has 13 heavy (non-hydrogen) atoms. The number of unbranched alkanes of at least 4 members (excludes halogenated alkanes) is 5. The third kappa shape index (κ3) is 9.43. The van der Waals surface area contributed by atoms with Crippen molar-refractivity contribution in [3.8, 4) is 12.3 Å². The van der Waals surface area contributed by atoms with E-state index in [1.54, 1.807) is 7.11 Å². The Labute approximate surface area is 82.9 Å². The van der Waals surface area contributed by atoms with Gasteiger partial charge in [0.15, 0.2) is 0 Å². The van der Waals surface area contributed by atoms with Crippen LogP contribution in [0.1, 0.15) is 51.9 Å². The molecule has 76 valence electrons. The molecule has 0 fully saturated rings. The first-order valence-electron chi connectivity index (χ1n) is 5.27. The van der Waals surface area contributed by atoms with E-state index in [1.165, 1.54) is 38.5 Å². The van der Waals surface area contributed by atoms with Crippen molar-refractivity contribution in [3.63, 3.8) is 0 Å². The number of hydrogen-bond donors (Lipinski definition) is 0. The first-order chi connectivity index (χ1) is 6.31. The van der Waals surface area contributed by atoms with E-state index in [9.17, 15) is 0 Å². The third-order valence-corrected chi connectivity index (χ3v) is 2.33. The van der Waals surface area contributed by atoms with Crippen LogP contribution in [0.5, 0.6) is 0 Å². The maximum absolute atomic E-state index is 5.17. The summed E-state index contributed by atoms with van der Waals surface area (Å²) in [5.41, 5.74) is 0. The molecule has 0 aliphatic rings. The van der Waals surface area contributed by atoms with Crippen LogP contribution < -0.4 is 0 Å². The monoisotopic (exact) mass is 182 g/mol. The van der Waals surface area contributed by atoms with E-state index < -0.39 is 0 Å². The molecule has 0 aliphatic carbocycles. The van der Waals surface area contributed by atoms with Crippen LogP contribution in [-0.4, -0.2) is 13.2 Å². The second-order valence-electron chi connectivity index (χ2n) is 3.56. The van der Waals surface area contributed by atoms with E-state index >= 15 is 0 Å². The summed E-state index contributed by atoms with van der Waals surface area (Å²) >= 11 is 0. The summed E-state index contributed by atoms with van der Waals surface area (Å²) in [5, 5.41) is 0. The molecule has 0 amide bonds. The number of ether oxygens (including phenoxy) is 1. The minimum absolute atomic E-state index is 0.422. The van der Waals surface area contributed by atoms with Gasteiger partial charge < -0.3 is 4.74 Å². The lowest BCUT2D eigenvalue weighted by atomic mass is 10.1. The van der Waals surface area contributed by atoms with Crippen LogP contribution in [-0.2, 0) is 4.74 Å². The Morgan fingerprint density at radius 3 is 2.38 bits per heavy atom. The van der Waals surface area contributed by atoms with Gasteiger partial charge in [-0.2, -0.15) is 0 Å². The van der Waals surface area contributed by atoms with Crippen LogP contribution in [0, 0.1) is 12.3 Å². The van der Waals surface area contributed by atoms with E-state index in [-0.39, 0.29) is 0 Å². The highest BCUT2D eigenvalue weighted by molar-refractivity contribution is 4.82. The molecule has 0 heterocycles. The van der Waals surface area contributed by atoms with Crippen molar-refractivity contribution in [3.05, 3.63) is 0 Å². The summed E-state index contributed by atoms with van der Waals surface area (Å²) in [6, 6.07) is 0. The van der Waals surface area contributed by atoms with Gasteiger partial charge in [-0.1, -0.05) is 25.7 Å². The van der Waals surface area contributed by atoms with Crippen LogP contribution in [0.15, 0.2) is 0 Å². The molecular formula is C12H22O. The highest BCUT2D eigenvalue weighted by atomic mass is 16.5. The van der Waals surface area contributed by atoms with Gasteiger partial charge in [0, 0.05) is 13.5 Å². The molecule has 0 aromatic rings. The number of methoxy groups -OCH3 is 1. The zero-order chi connectivity index (χ0) is 9.94. The molecular weight excluding hydrogens is 160 g/mol. The second kappa shape index (κ2) is 9.61. The van der Waals surface area contributed by atoms with Crippen molar-refractivity contribution in [1.82, 2.24) is 0 Å². The Morgan fingerprint density at radius 1 is 1.15 bits per heavy atom. The smallest absolute Gasteiger partial charge is 0.0543 e. The highest BCUT2D eigenvalue weighted by Gasteiger charge is 1.97. The lowest BCUT2D eigenvalue weighted by Crippen LogP contribution is -2.03. The zero-order valence-electron chi connectivity index (χ0n) is 9.01. The molecule has 0 rings (SSSR count). The topological polar surface area (TPSA) is 9.23 Å². The number of rotatable bonds is 8. The Kier molecular flexibility index (Phi) is 9.25. The van der Waals surface area contributed by atoms with Gasteiger partial charge >= 0.3 is 0 Å². The van der Waals surface area contributed by atoms with Gasteiger partial charge in [-0.15, -0.1) is 12.3 Å². The molecule has 0 N–H and O–H groups in total. The highest BCUT2D eigenvalue weighted by Crippen LogP contribution is 2.09. The average Bonchev–Trinajstić information content (AvgIpc) is 2.16. The second-order valence-corrected chi connectivity index (χ2v) is 3.56. The molecule has 0 aliphatic heterocycles. The van der Waals surface area contributed by atoms with Crippen LogP contribution >= 0.6 is 0 Å². The molecule has 0 aromatic carbocycles. The van der Waals surface area contributed by atoms with Gasteiger partial charge in [-0.25, -0.2) is 0 Å². The predicted molar refractivity (Wildman–Crippen MR) is 57.6 cm³/mol. The predicted octanol–water partition coefficient (Wildman–Crippen LogP) is 3.39. The molecule has 1 nitrogen and oxygen atoms in total. The van der Waals surface area contributed by atoms with E-state index in [0.717, 1.165) is 6.42 Å². The lowest BCUT2D eigenvalue weighted by Gasteiger charge is -2.07. The zero-order valence-corrected chi connectivity index (χ0v) is 9.01. The summed E-state index contributed by atoms with van der Waals surface area (Å²) in [4.78, 5) is 0. The quantitative estimate of drug-likeness (QED) is 0.413. The van der Waals surface area contributed by atoms with Crippen LogP contribution in [0.25, 0.3) is 0 Å². The van der Waals surface area contributed by atoms with Crippen molar-refractivity contribution in [2.24, 2.45) is 0 Å². The molecule has 1 unspecified atom stereocenters. The summed E-state index contributed by atoms with van der Waals surface area (Å²) in [7, 11) is 1.78. The van der Waals surface area contributed by atoms with Gasteiger partial charge in [-0.3, -0.25) is 0 Å². The third-order valence-electron chi connectivity index (χ3n) is 2.33. The van der Waals surface area contributed by atoms with Crippen LogP contribution in [0.3, 0.4) is 0 Å². The largest absolute Gasteiger partial charge is 0.382 e. The van der Waals surface area contributed by atoms with Gasteiger partial charge in [-0.05, 0) is 19.8 Å². The normalized spacial score (nSPS) is 12.4. The number of hydrogen-bond acceptors (Lipinski definition) is 1. The molecule has 1 atom stereocenters. The first-order valence-corrected chi connectivity index (χ1v) is 5.27. The SMILES string of the molecule is C#CCCCCCCCC(C)OC. The van der Waals surface area contributed by atoms with Gasteiger partial charge in [0.05, 0.1) is 6.10 Å². The van der Waals surface area contributed by atoms with Gasteiger partial charge in [0.25, 0.3) is 0 Å². The summed E-state index contributed by atoms with van der Waals surface area (Å²) in [6.45, 7) is 2.12. The van der Waals surface area contributed by atoms with Crippen molar-refractivity contribution in [1.29, 1.82) is 0 Å². The lowest BCUT2D eigenvalue weighted by molar-refractivity contribution is 0.108. The van der Waals surface area contributed by atoms with E-state index in [1.807, 2.05) is 0 Å². The fraction of sp³-hybridized carbons (Fsp3) is 0.833. The average molecular weight is 182 g/mol. The molecule has 0 bridgehead atoms. The Bertz CT molecular complexity index is 135. The summed E-state index contributed by atoms with van der Waals surface area (Å²) < 4.78 is 5.17. The first kappa shape index (κ1) is 12.5. The molecule has 0 saturated carbocycles. The minimum Gasteiger partial charge on any atom is -0.382 e. The van der Waals surface area contributed by atoms with E-state index in [4.69, 9.17) is 11.2 Å². The minimum atomic E-state index is 0.422. The van der Waals surface area contributed by atoms with Crippen molar-refractivity contribution in [2.75, 3.05) is 7.11 Å². The molecule has 0 saturated heterocycles. The maximum atomic E-state index is 5.17. The van der Waals surface area contributed by atoms with Crippen molar-refractivity contribution >= 4 is 0 Å². The van der Waals surface area contributed by atoms with Gasteiger partial charge in [0.2, 0.25) is 0 Å². The van der Waals surface area contributed by atoms with E-state index in [0.29, 0.717) is 6.10 Å². The Hall–Kier alpha value is -0.480. The van der Waals surface area contributed by atoms with Crippen LogP contribution in [0.2, 0.25) is 0 Å². The molecule has 1 heteroatoms. The Balaban J connectivity index is 2.96.